The maximum Gasteiger partial charge on any atom is 0.573 e. The Hall–Kier alpha value is -3.91. The van der Waals surface area contributed by atoms with Crippen molar-refractivity contribution in [2.45, 2.75) is 51.6 Å². The van der Waals surface area contributed by atoms with Crippen molar-refractivity contribution in [3.63, 3.8) is 0 Å². The summed E-state index contributed by atoms with van der Waals surface area (Å²) in [6, 6.07) is 10.2. The lowest BCUT2D eigenvalue weighted by atomic mass is 10.0. The van der Waals surface area contributed by atoms with Crippen molar-refractivity contribution >= 4 is 32.7 Å². The number of hydrogen-bond donors (Lipinski definition) is 0. The number of nitrogens with zero attached hydrogens (tertiary/aromatic N) is 5. The summed E-state index contributed by atoms with van der Waals surface area (Å²) in [6.07, 6.45) is -2.44. The first-order chi connectivity index (χ1) is 19.8. The fourth-order valence-corrected chi connectivity index (χ4v) is 6.95. The first kappa shape index (κ1) is 28.2. The van der Waals surface area contributed by atoms with Crippen molar-refractivity contribution in [1.82, 2.24) is 19.0 Å². The molecule has 1 amide bonds. The Labute approximate surface area is 239 Å². The van der Waals surface area contributed by atoms with Crippen molar-refractivity contribution in [1.29, 1.82) is 0 Å². The molecule has 2 aromatic carbocycles. The third-order valence-electron chi connectivity index (χ3n) is 7.86. The van der Waals surface area contributed by atoms with E-state index in [1.807, 2.05) is 36.6 Å². The van der Waals surface area contributed by atoms with E-state index in [0.29, 0.717) is 42.2 Å². The number of anilines is 1. The van der Waals surface area contributed by atoms with Crippen LogP contribution in [0.3, 0.4) is 0 Å². The van der Waals surface area contributed by atoms with E-state index in [4.69, 9.17) is 9.51 Å². The molecule has 0 saturated carbocycles. The molecule has 4 aromatic rings. The normalized spacial score (nSPS) is 20.2. The molecule has 42 heavy (non-hydrogen) atoms. The number of rotatable bonds is 6. The summed E-state index contributed by atoms with van der Waals surface area (Å²) < 4.78 is 75.6. The van der Waals surface area contributed by atoms with Gasteiger partial charge in [0.2, 0.25) is 15.9 Å². The molecule has 2 aromatic heterocycles. The zero-order valence-corrected chi connectivity index (χ0v) is 23.9. The highest BCUT2D eigenvalue weighted by Gasteiger charge is 2.40. The summed E-state index contributed by atoms with van der Waals surface area (Å²) in [7, 11) is -3.41. The number of benzene rings is 2. The number of aryl methyl sites for hydroxylation is 2. The van der Waals surface area contributed by atoms with E-state index in [-0.39, 0.29) is 30.7 Å². The monoisotopic (exact) mass is 603 g/mol. The SMILES string of the molecule is Cc1noc(C)c1-c1ccc2c(c1)nc([C@@H]1CCC(=O)N1c1ccc(OC(F)(F)F)cc1)n2[C@@H]1CCN(S(C)(=O)=O)C1. The maximum absolute atomic E-state index is 13.2. The zero-order chi connectivity index (χ0) is 30.0. The molecular formula is C28H28F3N5O5S. The molecule has 2 aliphatic rings. The third-order valence-corrected chi connectivity index (χ3v) is 9.13. The Kier molecular flexibility index (Phi) is 6.80. The van der Waals surface area contributed by atoms with Crippen LogP contribution in [0.1, 0.15) is 48.6 Å². The van der Waals surface area contributed by atoms with Gasteiger partial charge in [-0.05, 0) is 68.7 Å². The molecule has 0 bridgehead atoms. The quantitative estimate of drug-likeness (QED) is 0.295. The molecule has 14 heteroatoms. The molecule has 2 atom stereocenters. The van der Waals surface area contributed by atoms with Gasteiger partial charge in [0.15, 0.2) is 0 Å². The fourth-order valence-electron chi connectivity index (χ4n) is 6.07. The van der Waals surface area contributed by atoms with Crippen molar-refractivity contribution < 1.29 is 35.6 Å². The number of halogens is 3. The topological polar surface area (TPSA) is 111 Å². The third kappa shape index (κ3) is 5.13. The molecule has 10 nitrogen and oxygen atoms in total. The molecule has 0 radical (unpaired) electrons. The van der Waals surface area contributed by atoms with E-state index in [1.54, 1.807) is 4.90 Å². The van der Waals surface area contributed by atoms with Gasteiger partial charge in [-0.2, -0.15) is 0 Å². The minimum atomic E-state index is -4.83. The molecule has 0 unspecified atom stereocenters. The number of fused-ring (bicyclic) bond motifs is 1. The second kappa shape index (κ2) is 10.1. The highest BCUT2D eigenvalue weighted by atomic mass is 32.2. The van der Waals surface area contributed by atoms with Crippen LogP contribution in [-0.2, 0) is 14.8 Å². The van der Waals surface area contributed by atoms with Gasteiger partial charge >= 0.3 is 6.36 Å². The van der Waals surface area contributed by atoms with Crippen LogP contribution >= 0.6 is 0 Å². The van der Waals surface area contributed by atoms with E-state index in [0.717, 1.165) is 22.3 Å². The zero-order valence-electron chi connectivity index (χ0n) is 23.1. The lowest BCUT2D eigenvalue weighted by molar-refractivity contribution is -0.274. The standard InChI is InChI=1S/C28H28F3N5O5S/c1-16-26(17(2)41-33-16)18-4-9-23-22(14-18)32-27(36(23)20-12-13-34(15-20)42(3,38)39)24-10-11-25(37)35(24)19-5-7-21(8-6-19)40-28(29,30)31/h4-9,14,20,24H,10-13,15H2,1-3H3/t20-,24+/m1/s1. The Morgan fingerprint density at radius 1 is 1.07 bits per heavy atom. The van der Waals surface area contributed by atoms with E-state index in [2.05, 4.69) is 9.89 Å². The molecule has 6 rings (SSSR count). The first-order valence-corrected chi connectivity index (χ1v) is 15.2. The number of aromatic nitrogens is 3. The second-order valence-electron chi connectivity index (χ2n) is 10.7. The Morgan fingerprint density at radius 3 is 2.43 bits per heavy atom. The minimum Gasteiger partial charge on any atom is -0.406 e. The molecule has 2 fully saturated rings. The fraction of sp³-hybridized carbons (Fsp3) is 0.393. The summed E-state index contributed by atoms with van der Waals surface area (Å²) in [4.78, 5) is 19.7. The number of carbonyl (C=O) groups is 1. The predicted octanol–water partition coefficient (Wildman–Crippen LogP) is 5.28. The average Bonchev–Trinajstić information content (AvgIpc) is 3.68. The van der Waals surface area contributed by atoms with Crippen molar-refractivity contribution in [3.05, 3.63) is 59.7 Å². The van der Waals surface area contributed by atoms with E-state index in [9.17, 15) is 26.4 Å². The average molecular weight is 604 g/mol. The highest BCUT2D eigenvalue weighted by Crippen LogP contribution is 2.42. The van der Waals surface area contributed by atoms with Crippen molar-refractivity contribution in [2.24, 2.45) is 0 Å². The molecule has 2 saturated heterocycles. The molecule has 0 spiro atoms. The summed E-state index contributed by atoms with van der Waals surface area (Å²) in [5, 5.41) is 4.05. The van der Waals surface area contributed by atoms with Gasteiger partial charge in [-0.15, -0.1) is 13.2 Å². The van der Waals surface area contributed by atoms with Gasteiger partial charge in [-0.1, -0.05) is 11.2 Å². The van der Waals surface area contributed by atoms with Crippen LogP contribution in [0, 0.1) is 13.8 Å². The summed E-state index contributed by atoms with van der Waals surface area (Å²) in [6.45, 7) is 4.29. The lowest BCUT2D eigenvalue weighted by Crippen LogP contribution is -2.31. The molecule has 0 N–H and O–H groups in total. The molecular weight excluding hydrogens is 575 g/mol. The van der Waals surface area contributed by atoms with Gasteiger partial charge in [-0.25, -0.2) is 17.7 Å². The molecule has 222 valence electrons. The van der Waals surface area contributed by atoms with E-state index < -0.39 is 22.4 Å². The van der Waals surface area contributed by atoms with Gasteiger partial charge in [-0.3, -0.25) is 4.79 Å². The van der Waals surface area contributed by atoms with Crippen LogP contribution in [0.2, 0.25) is 0 Å². The van der Waals surface area contributed by atoms with Crippen LogP contribution in [-0.4, -0.2) is 59.0 Å². The number of carbonyl (C=O) groups excluding carboxylic acids is 1. The summed E-state index contributed by atoms with van der Waals surface area (Å²) >= 11 is 0. The first-order valence-electron chi connectivity index (χ1n) is 13.4. The summed E-state index contributed by atoms with van der Waals surface area (Å²) in [5.74, 6) is 0.670. The van der Waals surface area contributed by atoms with E-state index in [1.165, 1.54) is 34.8 Å². The number of imidazole rings is 1. The van der Waals surface area contributed by atoms with Crippen LogP contribution < -0.4 is 9.64 Å². The van der Waals surface area contributed by atoms with Crippen molar-refractivity contribution in [2.75, 3.05) is 24.2 Å². The smallest absolute Gasteiger partial charge is 0.406 e. The highest BCUT2D eigenvalue weighted by molar-refractivity contribution is 7.88. The predicted molar refractivity (Wildman–Crippen MR) is 147 cm³/mol. The van der Waals surface area contributed by atoms with Gasteiger partial charge in [0.05, 0.1) is 35.1 Å². The second-order valence-corrected chi connectivity index (χ2v) is 12.6. The largest absolute Gasteiger partial charge is 0.573 e. The maximum atomic E-state index is 13.2. The number of amides is 1. The van der Waals surface area contributed by atoms with E-state index >= 15 is 0 Å². The van der Waals surface area contributed by atoms with Crippen molar-refractivity contribution in [3.8, 4) is 16.9 Å². The van der Waals surface area contributed by atoms with Gasteiger partial charge < -0.3 is 18.7 Å². The Bertz CT molecular complexity index is 1760. The number of ether oxygens (including phenoxy) is 1. The number of hydrogen-bond acceptors (Lipinski definition) is 7. The number of sulfonamides is 1. The van der Waals surface area contributed by atoms with Gasteiger partial charge in [0, 0.05) is 30.8 Å². The molecule has 0 aliphatic carbocycles. The van der Waals surface area contributed by atoms with Crippen LogP contribution in [0.15, 0.2) is 47.0 Å². The van der Waals surface area contributed by atoms with Crippen LogP contribution in [0.4, 0.5) is 18.9 Å². The van der Waals surface area contributed by atoms with Crippen LogP contribution in [0.25, 0.3) is 22.2 Å². The van der Waals surface area contributed by atoms with Gasteiger partial charge in [0.1, 0.15) is 17.3 Å². The molecule has 4 heterocycles. The Balaban J connectivity index is 1.45. The van der Waals surface area contributed by atoms with Gasteiger partial charge in [0.25, 0.3) is 0 Å². The van der Waals surface area contributed by atoms with Crippen LogP contribution in [0.5, 0.6) is 5.75 Å². The molecule has 2 aliphatic heterocycles. The number of alkyl halides is 3. The lowest BCUT2D eigenvalue weighted by Gasteiger charge is -2.27. The summed E-state index contributed by atoms with van der Waals surface area (Å²) in [5.41, 5.74) is 4.31. The Morgan fingerprint density at radius 2 is 1.81 bits per heavy atom. The minimum absolute atomic E-state index is 0.191.